The van der Waals surface area contributed by atoms with E-state index in [1.807, 2.05) is 24.3 Å². The molecule has 3 heteroatoms. The van der Waals surface area contributed by atoms with Crippen LogP contribution in [0.2, 0.25) is 10.0 Å². The van der Waals surface area contributed by atoms with Gasteiger partial charge in [-0.1, -0.05) is 35.3 Å². The number of hydrogen-bond donors (Lipinski definition) is 1. The van der Waals surface area contributed by atoms with Crippen LogP contribution < -0.4 is 5.32 Å². The summed E-state index contributed by atoms with van der Waals surface area (Å²) in [7, 11) is 0. The summed E-state index contributed by atoms with van der Waals surface area (Å²) in [5.74, 6) is 0. The van der Waals surface area contributed by atoms with Crippen LogP contribution in [-0.2, 0) is 6.42 Å². The molecule has 0 fully saturated rings. The average Bonchev–Trinajstić information content (AvgIpc) is 2.80. The molecule has 17 heavy (non-hydrogen) atoms. The Morgan fingerprint density at radius 3 is 2.76 bits per heavy atom. The average molecular weight is 264 g/mol. The van der Waals surface area contributed by atoms with Gasteiger partial charge in [0.1, 0.15) is 0 Å². The van der Waals surface area contributed by atoms with E-state index < -0.39 is 0 Å². The zero-order chi connectivity index (χ0) is 11.8. The van der Waals surface area contributed by atoms with Gasteiger partial charge in [0.15, 0.2) is 0 Å². The standard InChI is InChI=1S/C14H11Cl2N/c15-9-4-5-13(16)12(8-9)10-2-1-3-14-11(10)6-7-17-14/h1-5,8,17H,6-7H2. The lowest BCUT2D eigenvalue weighted by molar-refractivity contribution is 1.11. The Balaban J connectivity index is 2.22. The molecule has 0 unspecified atom stereocenters. The van der Waals surface area contributed by atoms with Crippen LogP contribution in [0, 0.1) is 0 Å². The summed E-state index contributed by atoms with van der Waals surface area (Å²) in [4.78, 5) is 0. The van der Waals surface area contributed by atoms with Crippen LogP contribution in [-0.4, -0.2) is 6.54 Å². The van der Waals surface area contributed by atoms with Gasteiger partial charge in [0.2, 0.25) is 0 Å². The molecule has 0 spiro atoms. The summed E-state index contributed by atoms with van der Waals surface area (Å²) < 4.78 is 0. The highest BCUT2D eigenvalue weighted by Gasteiger charge is 2.16. The summed E-state index contributed by atoms with van der Waals surface area (Å²) >= 11 is 12.3. The van der Waals surface area contributed by atoms with Gasteiger partial charge in [-0.3, -0.25) is 0 Å². The molecule has 0 amide bonds. The topological polar surface area (TPSA) is 12.0 Å². The van der Waals surface area contributed by atoms with Gasteiger partial charge in [-0.15, -0.1) is 0 Å². The molecule has 1 nitrogen and oxygen atoms in total. The molecule has 0 saturated carbocycles. The summed E-state index contributed by atoms with van der Waals surface area (Å²) in [6.45, 7) is 0.991. The van der Waals surface area contributed by atoms with E-state index >= 15 is 0 Å². The monoisotopic (exact) mass is 263 g/mol. The molecule has 3 rings (SSSR count). The highest BCUT2D eigenvalue weighted by Crippen LogP contribution is 2.37. The van der Waals surface area contributed by atoms with Crippen LogP contribution in [0.4, 0.5) is 5.69 Å². The van der Waals surface area contributed by atoms with Crippen molar-refractivity contribution < 1.29 is 0 Å². The summed E-state index contributed by atoms with van der Waals surface area (Å²) in [6.07, 6.45) is 1.04. The number of rotatable bonds is 1. The van der Waals surface area contributed by atoms with E-state index in [0.29, 0.717) is 5.02 Å². The maximum Gasteiger partial charge on any atom is 0.0485 e. The number of halogens is 2. The van der Waals surface area contributed by atoms with E-state index in [4.69, 9.17) is 23.2 Å². The first-order chi connectivity index (χ1) is 8.25. The zero-order valence-electron chi connectivity index (χ0n) is 9.13. The molecule has 86 valence electrons. The molecule has 1 N–H and O–H groups in total. The van der Waals surface area contributed by atoms with Crippen molar-refractivity contribution in [3.63, 3.8) is 0 Å². The van der Waals surface area contributed by atoms with E-state index in [9.17, 15) is 0 Å². The van der Waals surface area contributed by atoms with Crippen LogP contribution >= 0.6 is 23.2 Å². The first-order valence-corrected chi connectivity index (χ1v) is 6.32. The van der Waals surface area contributed by atoms with Crippen LogP contribution in [0.5, 0.6) is 0 Å². The number of hydrogen-bond acceptors (Lipinski definition) is 1. The maximum atomic E-state index is 6.25. The van der Waals surface area contributed by atoms with Crippen molar-refractivity contribution in [1.82, 2.24) is 0 Å². The maximum absolute atomic E-state index is 6.25. The van der Waals surface area contributed by atoms with Gasteiger partial charge in [0, 0.05) is 27.8 Å². The molecule has 1 heterocycles. The van der Waals surface area contributed by atoms with Crippen LogP contribution in [0.15, 0.2) is 36.4 Å². The van der Waals surface area contributed by atoms with Gasteiger partial charge in [-0.25, -0.2) is 0 Å². The second-order valence-corrected chi connectivity index (χ2v) is 4.98. The fraction of sp³-hybridized carbons (Fsp3) is 0.143. The minimum atomic E-state index is 0.716. The number of nitrogens with one attached hydrogen (secondary N) is 1. The Hall–Kier alpha value is -1.18. The SMILES string of the molecule is Clc1ccc(Cl)c(-c2cccc3c2CCN3)c1. The van der Waals surface area contributed by atoms with Gasteiger partial charge in [0.25, 0.3) is 0 Å². The van der Waals surface area contributed by atoms with Crippen molar-refractivity contribution in [2.75, 3.05) is 11.9 Å². The number of anilines is 1. The van der Waals surface area contributed by atoms with E-state index in [0.717, 1.165) is 23.6 Å². The smallest absolute Gasteiger partial charge is 0.0485 e. The van der Waals surface area contributed by atoms with Gasteiger partial charge < -0.3 is 5.32 Å². The Kier molecular flexibility index (Phi) is 2.73. The molecule has 2 aromatic rings. The molecular formula is C14H11Cl2N. The Morgan fingerprint density at radius 1 is 1.00 bits per heavy atom. The Morgan fingerprint density at radius 2 is 1.88 bits per heavy atom. The van der Waals surface area contributed by atoms with E-state index in [-0.39, 0.29) is 0 Å². The summed E-state index contributed by atoms with van der Waals surface area (Å²) in [6, 6.07) is 11.8. The van der Waals surface area contributed by atoms with E-state index in [1.54, 1.807) is 0 Å². The number of fused-ring (bicyclic) bond motifs is 1. The summed E-state index contributed by atoms with van der Waals surface area (Å²) in [5.41, 5.74) is 4.73. The fourth-order valence-corrected chi connectivity index (χ4v) is 2.69. The quantitative estimate of drug-likeness (QED) is 0.791. The minimum Gasteiger partial charge on any atom is -0.384 e. The first kappa shape index (κ1) is 10.9. The van der Waals surface area contributed by atoms with Crippen molar-refractivity contribution in [3.05, 3.63) is 52.0 Å². The first-order valence-electron chi connectivity index (χ1n) is 5.57. The van der Waals surface area contributed by atoms with Gasteiger partial charge in [-0.2, -0.15) is 0 Å². The summed E-state index contributed by atoms with van der Waals surface area (Å²) in [5, 5.41) is 4.83. The minimum absolute atomic E-state index is 0.716. The molecule has 0 bridgehead atoms. The molecule has 0 saturated heterocycles. The second-order valence-electron chi connectivity index (χ2n) is 4.13. The molecule has 0 aliphatic carbocycles. The molecular weight excluding hydrogens is 253 g/mol. The van der Waals surface area contributed by atoms with Crippen molar-refractivity contribution in [2.45, 2.75) is 6.42 Å². The van der Waals surface area contributed by atoms with Crippen LogP contribution in [0.1, 0.15) is 5.56 Å². The Bertz CT molecular complexity index is 578. The van der Waals surface area contributed by atoms with Crippen molar-refractivity contribution >= 4 is 28.9 Å². The molecule has 1 aliphatic rings. The van der Waals surface area contributed by atoms with E-state index in [2.05, 4.69) is 17.4 Å². The number of benzene rings is 2. The van der Waals surface area contributed by atoms with E-state index in [1.165, 1.54) is 16.8 Å². The fourth-order valence-electron chi connectivity index (χ4n) is 2.30. The van der Waals surface area contributed by atoms with Gasteiger partial charge >= 0.3 is 0 Å². The third-order valence-corrected chi connectivity index (χ3v) is 3.65. The van der Waals surface area contributed by atoms with Crippen molar-refractivity contribution in [1.29, 1.82) is 0 Å². The lowest BCUT2D eigenvalue weighted by atomic mass is 9.98. The highest BCUT2D eigenvalue weighted by molar-refractivity contribution is 6.35. The highest BCUT2D eigenvalue weighted by atomic mass is 35.5. The molecule has 0 radical (unpaired) electrons. The lowest BCUT2D eigenvalue weighted by Crippen LogP contribution is -1.90. The molecule has 1 aliphatic heterocycles. The predicted octanol–water partition coefficient (Wildman–Crippen LogP) is 4.63. The van der Waals surface area contributed by atoms with Crippen molar-refractivity contribution in [2.24, 2.45) is 0 Å². The third-order valence-electron chi connectivity index (χ3n) is 3.09. The zero-order valence-corrected chi connectivity index (χ0v) is 10.6. The van der Waals surface area contributed by atoms with Crippen LogP contribution in [0.3, 0.4) is 0 Å². The van der Waals surface area contributed by atoms with Crippen LogP contribution in [0.25, 0.3) is 11.1 Å². The van der Waals surface area contributed by atoms with Gasteiger partial charge in [0.05, 0.1) is 0 Å². The Labute approximate surface area is 110 Å². The largest absolute Gasteiger partial charge is 0.384 e. The third kappa shape index (κ3) is 1.90. The van der Waals surface area contributed by atoms with Crippen molar-refractivity contribution in [3.8, 4) is 11.1 Å². The molecule has 2 aromatic carbocycles. The predicted molar refractivity (Wildman–Crippen MR) is 74.1 cm³/mol. The second kappa shape index (κ2) is 4.25. The van der Waals surface area contributed by atoms with Gasteiger partial charge in [-0.05, 0) is 41.8 Å². The lowest BCUT2D eigenvalue weighted by Gasteiger charge is -2.10. The molecule has 0 aromatic heterocycles. The normalized spacial score (nSPS) is 13.3. The molecule has 0 atom stereocenters.